The summed E-state index contributed by atoms with van der Waals surface area (Å²) in [6, 6.07) is 29.6. The predicted octanol–water partition coefficient (Wildman–Crippen LogP) is 6.35. The lowest BCUT2D eigenvalue weighted by molar-refractivity contribution is 0.554. The lowest BCUT2D eigenvalue weighted by Crippen LogP contribution is -2.20. The first kappa shape index (κ1) is 24.2. The molecule has 0 bridgehead atoms. The van der Waals surface area contributed by atoms with Gasteiger partial charge in [0, 0.05) is 12.3 Å². The summed E-state index contributed by atoms with van der Waals surface area (Å²) in [6.45, 7) is 7.53. The summed E-state index contributed by atoms with van der Waals surface area (Å²) in [6.07, 6.45) is 1.65. The Hall–Kier alpha value is -2.89. The lowest BCUT2D eigenvalue weighted by atomic mass is 9.87. The molecule has 0 amide bonds. The normalized spacial score (nSPS) is 12.6. The molecule has 0 saturated carbocycles. The zero-order chi connectivity index (χ0) is 24.0. The Labute approximate surface area is 207 Å². The average Bonchev–Trinajstić information content (AvgIpc) is 3.25. The van der Waals surface area contributed by atoms with Crippen LogP contribution in [-0.2, 0) is 30.6 Å². The Kier molecular flexibility index (Phi) is 7.86. The van der Waals surface area contributed by atoms with Gasteiger partial charge in [-0.15, -0.1) is 10.2 Å². The number of nitrogens with zero attached hydrogens (tertiary/aromatic N) is 3. The van der Waals surface area contributed by atoms with Gasteiger partial charge in [0.2, 0.25) is 0 Å². The fraction of sp³-hybridized carbons (Fsp3) is 0.310. The van der Waals surface area contributed by atoms with Gasteiger partial charge in [-0.05, 0) is 40.5 Å². The summed E-state index contributed by atoms with van der Waals surface area (Å²) in [7, 11) is 0. The van der Waals surface area contributed by atoms with Crippen molar-refractivity contribution in [1.82, 2.24) is 14.8 Å². The minimum absolute atomic E-state index is 0.160. The van der Waals surface area contributed by atoms with E-state index in [-0.39, 0.29) is 11.5 Å². The van der Waals surface area contributed by atoms with E-state index in [1.807, 2.05) is 18.2 Å². The topological polar surface area (TPSA) is 56.7 Å². The van der Waals surface area contributed by atoms with Crippen LogP contribution in [0.25, 0.3) is 0 Å². The molecule has 1 aromatic heterocycles. The Balaban J connectivity index is 1.52. The molecule has 0 aliphatic carbocycles. The van der Waals surface area contributed by atoms with Crippen LogP contribution in [-0.4, -0.2) is 14.8 Å². The second-order valence-electron chi connectivity index (χ2n) is 9.76. The Morgan fingerprint density at radius 1 is 0.794 bits per heavy atom. The van der Waals surface area contributed by atoms with Gasteiger partial charge in [-0.25, -0.2) is 0 Å². The zero-order valence-electron chi connectivity index (χ0n) is 20.3. The third kappa shape index (κ3) is 6.37. The molecule has 34 heavy (non-hydrogen) atoms. The first-order valence-electron chi connectivity index (χ1n) is 11.9. The predicted molar refractivity (Wildman–Crippen MR) is 142 cm³/mol. The van der Waals surface area contributed by atoms with Crippen molar-refractivity contribution >= 4 is 11.8 Å². The van der Waals surface area contributed by atoms with E-state index in [1.54, 1.807) is 11.8 Å². The molecule has 2 N–H and O–H groups in total. The van der Waals surface area contributed by atoms with Crippen LogP contribution < -0.4 is 5.73 Å². The number of aromatic nitrogens is 3. The molecule has 0 spiro atoms. The molecule has 0 unspecified atom stereocenters. The summed E-state index contributed by atoms with van der Waals surface area (Å²) in [4.78, 5) is 0. The molecular weight excluding hydrogens is 436 g/mol. The van der Waals surface area contributed by atoms with Gasteiger partial charge in [0.15, 0.2) is 11.0 Å². The van der Waals surface area contributed by atoms with Crippen molar-refractivity contribution in [2.45, 2.75) is 62.5 Å². The Morgan fingerprint density at radius 3 is 2.03 bits per heavy atom. The summed E-state index contributed by atoms with van der Waals surface area (Å²) < 4.78 is 2.22. The maximum absolute atomic E-state index is 6.64. The minimum Gasteiger partial charge on any atom is -0.321 e. The van der Waals surface area contributed by atoms with E-state index in [0.717, 1.165) is 36.1 Å². The smallest absolute Gasteiger partial charge is 0.191 e. The van der Waals surface area contributed by atoms with Crippen LogP contribution >= 0.6 is 11.8 Å². The quantitative estimate of drug-likeness (QED) is 0.289. The van der Waals surface area contributed by atoms with Gasteiger partial charge in [0.25, 0.3) is 0 Å². The highest BCUT2D eigenvalue weighted by Gasteiger charge is 2.19. The van der Waals surface area contributed by atoms with Crippen molar-refractivity contribution in [1.29, 1.82) is 0 Å². The summed E-state index contributed by atoms with van der Waals surface area (Å²) >= 11 is 1.73. The highest BCUT2D eigenvalue weighted by Crippen LogP contribution is 2.27. The molecule has 4 aromatic rings. The Bertz CT molecular complexity index is 1160. The molecule has 4 rings (SSSR count). The van der Waals surface area contributed by atoms with Crippen molar-refractivity contribution in [3.63, 3.8) is 0 Å². The molecule has 0 aliphatic heterocycles. The second-order valence-corrected chi connectivity index (χ2v) is 10.7. The molecule has 5 heteroatoms. The standard InChI is InChI=1S/C29H34N4S/c1-29(2,3)25-16-14-24(15-17-25)21-34-28-32-31-27(26(30)20-23-12-8-5-9-13-23)33(28)19-18-22-10-6-4-7-11-22/h4-17,26H,18-21,30H2,1-3H3/t26-/m0/s1. The molecule has 3 aromatic carbocycles. The van der Waals surface area contributed by atoms with Gasteiger partial charge in [0.1, 0.15) is 0 Å². The molecule has 176 valence electrons. The van der Waals surface area contributed by atoms with E-state index < -0.39 is 0 Å². The SMILES string of the molecule is CC(C)(C)c1ccc(CSc2nnc([C@@H](N)Cc3ccccc3)n2CCc2ccccc2)cc1. The first-order chi connectivity index (χ1) is 16.4. The van der Waals surface area contributed by atoms with Gasteiger partial charge < -0.3 is 10.3 Å². The minimum atomic E-state index is -0.203. The van der Waals surface area contributed by atoms with E-state index in [9.17, 15) is 0 Å². The van der Waals surface area contributed by atoms with Crippen LogP contribution in [0.1, 0.15) is 54.9 Å². The first-order valence-corrected chi connectivity index (χ1v) is 12.9. The van der Waals surface area contributed by atoms with Crippen molar-refractivity contribution in [3.05, 3.63) is 113 Å². The molecule has 1 atom stereocenters. The summed E-state index contributed by atoms with van der Waals surface area (Å²) in [5.74, 6) is 1.70. The summed E-state index contributed by atoms with van der Waals surface area (Å²) in [5, 5.41) is 10.0. The third-order valence-corrected chi connectivity index (χ3v) is 7.07. The number of benzene rings is 3. The maximum Gasteiger partial charge on any atom is 0.191 e. The molecule has 1 heterocycles. The summed E-state index contributed by atoms with van der Waals surface area (Å²) in [5.41, 5.74) is 11.9. The van der Waals surface area contributed by atoms with Gasteiger partial charge in [-0.2, -0.15) is 0 Å². The molecule has 0 aliphatic rings. The lowest BCUT2D eigenvalue weighted by Gasteiger charge is -2.19. The molecule has 0 fully saturated rings. The third-order valence-electron chi connectivity index (χ3n) is 6.03. The van der Waals surface area contributed by atoms with Crippen molar-refractivity contribution in [3.8, 4) is 0 Å². The van der Waals surface area contributed by atoms with Gasteiger partial charge in [-0.1, -0.05) is 117 Å². The van der Waals surface area contributed by atoms with Crippen LogP contribution in [0.3, 0.4) is 0 Å². The van der Waals surface area contributed by atoms with Crippen LogP contribution in [0.15, 0.2) is 90.1 Å². The van der Waals surface area contributed by atoms with Crippen molar-refractivity contribution in [2.75, 3.05) is 0 Å². The van der Waals surface area contributed by atoms with Crippen molar-refractivity contribution in [2.24, 2.45) is 5.73 Å². The maximum atomic E-state index is 6.64. The molecule has 4 nitrogen and oxygen atoms in total. The molecule has 0 saturated heterocycles. The van der Waals surface area contributed by atoms with E-state index in [1.165, 1.54) is 22.3 Å². The van der Waals surface area contributed by atoms with E-state index in [0.29, 0.717) is 0 Å². The van der Waals surface area contributed by atoms with E-state index in [2.05, 4.69) is 102 Å². The van der Waals surface area contributed by atoms with Crippen LogP contribution in [0.5, 0.6) is 0 Å². The van der Waals surface area contributed by atoms with Crippen LogP contribution in [0.2, 0.25) is 0 Å². The number of nitrogens with two attached hydrogens (primary N) is 1. The van der Waals surface area contributed by atoms with Gasteiger partial charge >= 0.3 is 0 Å². The van der Waals surface area contributed by atoms with E-state index in [4.69, 9.17) is 5.73 Å². The number of aryl methyl sites for hydroxylation is 1. The zero-order valence-corrected chi connectivity index (χ0v) is 21.1. The van der Waals surface area contributed by atoms with Gasteiger partial charge in [-0.3, -0.25) is 0 Å². The Morgan fingerprint density at radius 2 is 1.41 bits per heavy atom. The highest BCUT2D eigenvalue weighted by molar-refractivity contribution is 7.98. The average molecular weight is 471 g/mol. The fourth-order valence-corrected chi connectivity index (χ4v) is 4.91. The van der Waals surface area contributed by atoms with E-state index >= 15 is 0 Å². The number of hydrogen-bond donors (Lipinski definition) is 1. The number of rotatable bonds is 9. The molecular formula is C29H34N4S. The number of hydrogen-bond acceptors (Lipinski definition) is 4. The molecule has 0 radical (unpaired) electrons. The monoisotopic (exact) mass is 470 g/mol. The van der Waals surface area contributed by atoms with Crippen LogP contribution in [0, 0.1) is 0 Å². The van der Waals surface area contributed by atoms with Crippen molar-refractivity contribution < 1.29 is 0 Å². The fourth-order valence-electron chi connectivity index (χ4n) is 3.99. The highest BCUT2D eigenvalue weighted by atomic mass is 32.2. The van der Waals surface area contributed by atoms with Gasteiger partial charge in [0.05, 0.1) is 6.04 Å². The van der Waals surface area contributed by atoms with Crippen LogP contribution in [0.4, 0.5) is 0 Å². The second kappa shape index (κ2) is 11.0. The number of thioether (sulfide) groups is 1. The largest absolute Gasteiger partial charge is 0.321 e.